The minimum Gasteiger partial charge on any atom is -0.493 e. The van der Waals surface area contributed by atoms with Crippen LogP contribution >= 0.6 is 0 Å². The summed E-state index contributed by atoms with van der Waals surface area (Å²) >= 11 is 0. The summed E-state index contributed by atoms with van der Waals surface area (Å²) in [7, 11) is 10.1. The molecule has 0 spiro atoms. The quantitative estimate of drug-likeness (QED) is 0.0804. The summed E-state index contributed by atoms with van der Waals surface area (Å²) in [5, 5.41) is 6.78. The third-order valence-electron chi connectivity index (χ3n) is 6.98. The third-order valence-corrected chi connectivity index (χ3v) is 6.98. The molecule has 0 saturated carbocycles. The molecule has 0 aromatic heterocycles. The normalized spacial score (nSPS) is 10.5. The fourth-order valence-corrected chi connectivity index (χ4v) is 4.59. The number of hydrogen-bond donors (Lipinski definition) is 2. The van der Waals surface area contributed by atoms with E-state index in [1.165, 1.54) is 92.4 Å². The Morgan fingerprint density at radius 3 is 1.63 bits per heavy atom. The highest BCUT2D eigenvalue weighted by molar-refractivity contribution is 6.06. The average molecular weight is 674 g/mol. The minimum atomic E-state index is -0.687. The van der Waals surface area contributed by atoms with E-state index >= 15 is 0 Å². The number of nitrogens with one attached hydrogen (secondary N) is 2. The molecular weight excluding hydrogens is 638 g/mol. The number of hydrogen-bond acceptors (Lipinski definition) is 12. The highest BCUT2D eigenvalue weighted by Crippen LogP contribution is 2.40. The molecule has 4 rings (SSSR count). The molecule has 0 heterocycles. The fourth-order valence-electron chi connectivity index (χ4n) is 4.59. The van der Waals surface area contributed by atoms with E-state index in [0.29, 0.717) is 45.7 Å². The fraction of sp³-hybridized carbons (Fsp3) is 0.200. The van der Waals surface area contributed by atoms with Crippen LogP contribution in [0.2, 0.25) is 0 Å². The largest absolute Gasteiger partial charge is 0.493 e. The van der Waals surface area contributed by atoms with Crippen LogP contribution < -0.4 is 48.6 Å². The van der Waals surface area contributed by atoms with Crippen molar-refractivity contribution in [2.24, 2.45) is 5.10 Å². The van der Waals surface area contributed by atoms with Crippen LogP contribution in [-0.2, 0) is 0 Å². The van der Waals surface area contributed by atoms with Crippen molar-refractivity contribution < 1.29 is 52.3 Å². The number of esters is 1. The topological polar surface area (TPSA) is 161 Å². The van der Waals surface area contributed by atoms with Gasteiger partial charge in [-0.15, -0.1) is 0 Å². The lowest BCUT2D eigenvalue weighted by atomic mass is 10.1. The zero-order chi connectivity index (χ0) is 35.5. The minimum absolute atomic E-state index is 0.146. The molecule has 0 atom stereocenters. The Hall–Kier alpha value is -6.44. The van der Waals surface area contributed by atoms with Gasteiger partial charge in [0.15, 0.2) is 34.5 Å². The van der Waals surface area contributed by atoms with E-state index in [1.807, 2.05) is 0 Å². The van der Waals surface area contributed by atoms with Gasteiger partial charge in [-0.2, -0.15) is 5.10 Å². The standard InChI is InChI=1S/C35H35N3O11/c1-42-26-13-20(11-12-25(26)49-35(41)23-17-29(45-4)32(48-7)30(18-23)46-5)19-36-38-34(40)21-9-8-10-24(14-21)37-33(39)22-15-27(43-2)31(47-6)28(16-22)44-3/h8-19H,1-7H3,(H,37,39)(H,38,40). The number of anilines is 1. The van der Waals surface area contributed by atoms with Crippen LogP contribution in [0.25, 0.3) is 0 Å². The summed E-state index contributed by atoms with van der Waals surface area (Å²) in [6.07, 6.45) is 1.39. The summed E-state index contributed by atoms with van der Waals surface area (Å²) in [5.41, 5.74) is 4.02. The molecule has 14 heteroatoms. The number of carbonyl (C=O) groups is 3. The van der Waals surface area contributed by atoms with E-state index in [4.69, 9.17) is 37.9 Å². The second-order valence-corrected chi connectivity index (χ2v) is 9.86. The molecule has 0 saturated heterocycles. The van der Waals surface area contributed by atoms with Gasteiger partial charge in [0, 0.05) is 16.8 Å². The van der Waals surface area contributed by atoms with Crippen LogP contribution in [0.1, 0.15) is 36.6 Å². The number of nitrogens with zero attached hydrogens (tertiary/aromatic N) is 1. The Morgan fingerprint density at radius 1 is 0.551 bits per heavy atom. The highest BCUT2D eigenvalue weighted by atomic mass is 16.6. The van der Waals surface area contributed by atoms with Crippen LogP contribution in [0.3, 0.4) is 0 Å². The Morgan fingerprint density at radius 2 is 1.10 bits per heavy atom. The maximum atomic E-state index is 13.0. The number of carbonyl (C=O) groups excluding carboxylic acids is 3. The Labute approximate surface area is 282 Å². The van der Waals surface area contributed by atoms with E-state index in [0.717, 1.165) is 0 Å². The van der Waals surface area contributed by atoms with Crippen LogP contribution in [-0.4, -0.2) is 73.8 Å². The third kappa shape index (κ3) is 8.29. The van der Waals surface area contributed by atoms with Crippen molar-refractivity contribution in [3.8, 4) is 46.0 Å². The maximum Gasteiger partial charge on any atom is 0.343 e. The lowest BCUT2D eigenvalue weighted by Gasteiger charge is -2.14. The summed E-state index contributed by atoms with van der Waals surface area (Å²) < 4.78 is 42.9. The molecule has 2 amide bonds. The number of rotatable bonds is 14. The molecule has 4 aromatic carbocycles. The predicted octanol–water partition coefficient (Wildman–Crippen LogP) is 4.98. The molecule has 256 valence electrons. The van der Waals surface area contributed by atoms with Crippen molar-refractivity contribution in [3.63, 3.8) is 0 Å². The monoisotopic (exact) mass is 673 g/mol. The molecule has 0 radical (unpaired) electrons. The van der Waals surface area contributed by atoms with Crippen LogP contribution in [0, 0.1) is 0 Å². The number of amides is 2. The summed E-state index contributed by atoms with van der Waals surface area (Å²) in [4.78, 5) is 38.8. The first-order chi connectivity index (χ1) is 23.7. The lowest BCUT2D eigenvalue weighted by Crippen LogP contribution is -2.18. The van der Waals surface area contributed by atoms with Gasteiger partial charge in [-0.25, -0.2) is 10.2 Å². The first-order valence-corrected chi connectivity index (χ1v) is 14.4. The van der Waals surface area contributed by atoms with Crippen molar-refractivity contribution in [3.05, 3.63) is 89.0 Å². The van der Waals surface area contributed by atoms with E-state index in [9.17, 15) is 14.4 Å². The molecule has 49 heavy (non-hydrogen) atoms. The second-order valence-electron chi connectivity index (χ2n) is 9.86. The average Bonchev–Trinajstić information content (AvgIpc) is 3.13. The number of benzene rings is 4. The molecule has 2 N–H and O–H groups in total. The second kappa shape index (κ2) is 16.4. The zero-order valence-corrected chi connectivity index (χ0v) is 27.9. The molecule has 0 aliphatic heterocycles. The van der Waals surface area contributed by atoms with Crippen molar-refractivity contribution in [2.45, 2.75) is 0 Å². The van der Waals surface area contributed by atoms with Gasteiger partial charge in [-0.1, -0.05) is 6.07 Å². The predicted molar refractivity (Wildman–Crippen MR) is 180 cm³/mol. The first-order valence-electron chi connectivity index (χ1n) is 14.4. The Kier molecular flexibility index (Phi) is 11.9. The first kappa shape index (κ1) is 35.4. The van der Waals surface area contributed by atoms with Crippen LogP contribution in [0.15, 0.2) is 71.8 Å². The molecule has 0 fully saturated rings. The van der Waals surface area contributed by atoms with E-state index in [1.54, 1.807) is 30.3 Å². The maximum absolute atomic E-state index is 13.0. The van der Waals surface area contributed by atoms with Gasteiger partial charge in [-0.05, 0) is 66.2 Å². The SMILES string of the molecule is COc1cc(C=NNC(=O)c2cccc(NC(=O)c3cc(OC)c(OC)c(OC)c3)c2)ccc1OC(=O)c1cc(OC)c(OC)c(OC)c1. The number of methoxy groups -OCH3 is 7. The van der Waals surface area contributed by atoms with E-state index in [-0.39, 0.29) is 28.2 Å². The Balaban J connectivity index is 1.42. The van der Waals surface area contributed by atoms with Gasteiger partial charge in [-0.3, -0.25) is 9.59 Å². The molecule has 14 nitrogen and oxygen atoms in total. The van der Waals surface area contributed by atoms with E-state index in [2.05, 4.69) is 15.8 Å². The summed E-state index contributed by atoms with van der Waals surface area (Å²) in [5.74, 6) is 0.636. The molecular formula is C35H35N3O11. The van der Waals surface area contributed by atoms with Gasteiger partial charge < -0.3 is 43.2 Å². The number of hydrazone groups is 1. The molecule has 0 unspecified atom stereocenters. The smallest absolute Gasteiger partial charge is 0.343 e. The summed E-state index contributed by atoms with van der Waals surface area (Å²) in [6, 6.07) is 17.0. The molecule has 0 bridgehead atoms. The Bertz CT molecular complexity index is 1820. The summed E-state index contributed by atoms with van der Waals surface area (Å²) in [6.45, 7) is 0. The van der Waals surface area contributed by atoms with Crippen molar-refractivity contribution in [2.75, 3.05) is 55.1 Å². The van der Waals surface area contributed by atoms with Crippen LogP contribution in [0.5, 0.6) is 46.0 Å². The lowest BCUT2D eigenvalue weighted by molar-refractivity contribution is 0.0728. The van der Waals surface area contributed by atoms with Crippen LogP contribution in [0.4, 0.5) is 5.69 Å². The van der Waals surface area contributed by atoms with E-state index < -0.39 is 17.8 Å². The highest BCUT2D eigenvalue weighted by Gasteiger charge is 2.20. The van der Waals surface area contributed by atoms with Crippen molar-refractivity contribution in [1.82, 2.24) is 5.43 Å². The van der Waals surface area contributed by atoms with Gasteiger partial charge >= 0.3 is 5.97 Å². The molecule has 0 aliphatic carbocycles. The zero-order valence-electron chi connectivity index (χ0n) is 27.9. The van der Waals surface area contributed by atoms with Gasteiger partial charge in [0.1, 0.15) is 0 Å². The van der Waals surface area contributed by atoms with Gasteiger partial charge in [0.2, 0.25) is 11.5 Å². The van der Waals surface area contributed by atoms with Gasteiger partial charge in [0.05, 0.1) is 61.5 Å². The number of ether oxygens (including phenoxy) is 8. The molecule has 4 aromatic rings. The van der Waals surface area contributed by atoms with Crippen molar-refractivity contribution >= 4 is 29.7 Å². The van der Waals surface area contributed by atoms with Gasteiger partial charge in [0.25, 0.3) is 11.8 Å². The van der Waals surface area contributed by atoms with Crippen molar-refractivity contribution in [1.29, 1.82) is 0 Å². The molecule has 0 aliphatic rings.